The van der Waals surface area contributed by atoms with Crippen molar-refractivity contribution in [3.8, 4) is 0 Å². The van der Waals surface area contributed by atoms with Gasteiger partial charge in [0.1, 0.15) is 6.10 Å². The molecule has 1 saturated heterocycles. The van der Waals surface area contributed by atoms with Gasteiger partial charge in [-0.2, -0.15) is 0 Å². The van der Waals surface area contributed by atoms with E-state index >= 15 is 0 Å². The number of hydrogen-bond acceptors (Lipinski definition) is 3. The van der Waals surface area contributed by atoms with E-state index in [0.717, 1.165) is 24.8 Å². The minimum Gasteiger partial charge on any atom is -0.391 e. The minimum atomic E-state index is 0.308. The van der Waals surface area contributed by atoms with E-state index in [0.29, 0.717) is 11.5 Å². The topological polar surface area (TPSA) is 24.8 Å². The molecule has 1 aromatic rings. The summed E-state index contributed by atoms with van der Waals surface area (Å²) in [5.41, 5.74) is 4.69. The maximum Gasteiger partial charge on any atom is 0.145 e. The van der Waals surface area contributed by atoms with Crippen molar-refractivity contribution in [1.29, 1.82) is 0 Å². The van der Waals surface area contributed by atoms with Gasteiger partial charge in [-0.05, 0) is 37.7 Å². The van der Waals surface area contributed by atoms with Gasteiger partial charge in [0.15, 0.2) is 0 Å². The van der Waals surface area contributed by atoms with Crippen molar-refractivity contribution < 1.29 is 4.84 Å². The Morgan fingerprint density at radius 3 is 2.86 bits per heavy atom. The highest BCUT2D eigenvalue weighted by Gasteiger charge is 2.60. The van der Waals surface area contributed by atoms with Crippen molar-refractivity contribution in [2.75, 3.05) is 19.6 Å². The largest absolute Gasteiger partial charge is 0.391 e. The summed E-state index contributed by atoms with van der Waals surface area (Å²) in [6, 6.07) is 9.22. The third-order valence-corrected chi connectivity index (χ3v) is 6.11. The average Bonchev–Trinajstić information content (AvgIpc) is 3.40. The highest BCUT2D eigenvalue weighted by molar-refractivity contribution is 5.89. The standard InChI is InChI=1S/C19H24N2O/c1-13-2-6-15(7-3-13)19-9-16(19)10-21(12-19)11-17-8-18(20-22-17)14-4-5-14/h2-3,6-7,14,16-17H,4-5,8-12H2,1H3/t16-,17?,19+/m0/s1. The van der Waals surface area contributed by atoms with E-state index in [1.807, 2.05) is 0 Å². The zero-order valence-electron chi connectivity index (χ0n) is 13.3. The number of aryl methyl sites for hydroxylation is 1. The molecule has 1 aromatic carbocycles. The van der Waals surface area contributed by atoms with Crippen LogP contribution in [-0.2, 0) is 10.3 Å². The first kappa shape index (κ1) is 13.1. The Bertz CT molecular complexity index is 619. The lowest BCUT2D eigenvalue weighted by molar-refractivity contribution is 0.0554. The molecule has 2 aliphatic carbocycles. The highest BCUT2D eigenvalue weighted by Crippen LogP contribution is 2.59. The van der Waals surface area contributed by atoms with Crippen molar-refractivity contribution >= 4 is 5.71 Å². The van der Waals surface area contributed by atoms with Crippen LogP contribution in [0.25, 0.3) is 0 Å². The Balaban J connectivity index is 1.22. The molecule has 5 rings (SSSR count). The predicted molar refractivity (Wildman–Crippen MR) is 87.1 cm³/mol. The molecule has 3 nitrogen and oxygen atoms in total. The SMILES string of the molecule is Cc1ccc([C@]23C[C@H]2CN(CC2CC(C4CC4)=NO2)C3)cc1. The summed E-state index contributed by atoms with van der Waals surface area (Å²) in [4.78, 5) is 8.29. The van der Waals surface area contributed by atoms with E-state index in [1.54, 1.807) is 5.56 Å². The van der Waals surface area contributed by atoms with Gasteiger partial charge in [0, 0.05) is 37.4 Å². The van der Waals surface area contributed by atoms with Crippen molar-refractivity contribution in [3.63, 3.8) is 0 Å². The number of likely N-dealkylation sites (tertiary alicyclic amines) is 1. The van der Waals surface area contributed by atoms with Gasteiger partial charge in [0.2, 0.25) is 0 Å². The zero-order valence-corrected chi connectivity index (χ0v) is 13.3. The summed E-state index contributed by atoms with van der Waals surface area (Å²) in [7, 11) is 0. The monoisotopic (exact) mass is 296 g/mol. The lowest BCUT2D eigenvalue weighted by Gasteiger charge is -2.23. The third kappa shape index (κ3) is 2.10. The lowest BCUT2D eigenvalue weighted by Crippen LogP contribution is -2.34. The van der Waals surface area contributed by atoms with Crippen LogP contribution in [0.4, 0.5) is 0 Å². The molecule has 0 radical (unpaired) electrons. The maximum atomic E-state index is 5.68. The quantitative estimate of drug-likeness (QED) is 0.853. The van der Waals surface area contributed by atoms with Crippen LogP contribution in [0.3, 0.4) is 0 Å². The molecule has 116 valence electrons. The second-order valence-electron chi connectivity index (χ2n) is 7.91. The van der Waals surface area contributed by atoms with Crippen molar-refractivity contribution in [2.24, 2.45) is 17.0 Å². The molecule has 2 heterocycles. The molecule has 2 aliphatic heterocycles. The fourth-order valence-corrected chi connectivity index (χ4v) is 4.55. The summed E-state index contributed by atoms with van der Waals surface area (Å²) in [5, 5.41) is 4.33. The average molecular weight is 296 g/mol. The summed E-state index contributed by atoms with van der Waals surface area (Å²) < 4.78 is 0. The molecule has 0 N–H and O–H groups in total. The molecule has 0 spiro atoms. The van der Waals surface area contributed by atoms with Gasteiger partial charge in [-0.25, -0.2) is 0 Å². The van der Waals surface area contributed by atoms with Crippen LogP contribution >= 0.6 is 0 Å². The van der Waals surface area contributed by atoms with E-state index in [2.05, 4.69) is 41.2 Å². The number of nitrogens with zero attached hydrogens (tertiary/aromatic N) is 2. The van der Waals surface area contributed by atoms with Gasteiger partial charge >= 0.3 is 0 Å². The molecular weight excluding hydrogens is 272 g/mol. The summed E-state index contributed by atoms with van der Waals surface area (Å²) in [6.45, 7) is 5.68. The first-order chi connectivity index (χ1) is 10.7. The van der Waals surface area contributed by atoms with Crippen molar-refractivity contribution in [1.82, 2.24) is 4.90 Å². The Hall–Kier alpha value is -1.35. The molecular formula is C19H24N2O. The fourth-order valence-electron chi connectivity index (χ4n) is 4.55. The van der Waals surface area contributed by atoms with Gasteiger partial charge < -0.3 is 4.84 Å². The molecule has 3 atom stereocenters. The molecule has 1 unspecified atom stereocenters. The van der Waals surface area contributed by atoms with Crippen LogP contribution < -0.4 is 0 Å². The lowest BCUT2D eigenvalue weighted by atomic mass is 9.94. The van der Waals surface area contributed by atoms with E-state index in [-0.39, 0.29) is 0 Å². The molecule has 3 heteroatoms. The van der Waals surface area contributed by atoms with Gasteiger partial charge in [-0.3, -0.25) is 4.90 Å². The molecule has 0 aromatic heterocycles. The van der Waals surface area contributed by atoms with E-state index in [1.165, 1.54) is 43.6 Å². The number of rotatable bonds is 4. The smallest absolute Gasteiger partial charge is 0.145 e. The number of benzene rings is 1. The molecule has 0 bridgehead atoms. The van der Waals surface area contributed by atoms with Gasteiger partial charge in [-0.1, -0.05) is 35.0 Å². The summed E-state index contributed by atoms with van der Waals surface area (Å²) >= 11 is 0. The van der Waals surface area contributed by atoms with E-state index in [4.69, 9.17) is 4.84 Å². The maximum absolute atomic E-state index is 5.68. The second-order valence-corrected chi connectivity index (χ2v) is 7.91. The van der Waals surface area contributed by atoms with Crippen LogP contribution in [0.5, 0.6) is 0 Å². The Kier molecular flexibility index (Phi) is 2.73. The van der Waals surface area contributed by atoms with Crippen LogP contribution in [0, 0.1) is 18.8 Å². The van der Waals surface area contributed by atoms with Gasteiger partial charge in [0.25, 0.3) is 0 Å². The molecule has 2 saturated carbocycles. The molecule has 22 heavy (non-hydrogen) atoms. The fraction of sp³-hybridized carbons (Fsp3) is 0.632. The first-order valence-electron chi connectivity index (χ1n) is 8.75. The number of hydrogen-bond donors (Lipinski definition) is 0. The van der Waals surface area contributed by atoms with Gasteiger partial charge in [0.05, 0.1) is 5.71 Å². The molecule has 3 fully saturated rings. The molecule has 4 aliphatic rings. The third-order valence-electron chi connectivity index (χ3n) is 6.11. The number of fused-ring (bicyclic) bond motifs is 1. The van der Waals surface area contributed by atoms with Crippen LogP contribution in [0.1, 0.15) is 36.8 Å². The van der Waals surface area contributed by atoms with Crippen LogP contribution in [0.2, 0.25) is 0 Å². The van der Waals surface area contributed by atoms with E-state index in [9.17, 15) is 0 Å². The van der Waals surface area contributed by atoms with Gasteiger partial charge in [-0.15, -0.1) is 0 Å². The predicted octanol–water partition coefficient (Wildman–Crippen LogP) is 3.12. The summed E-state index contributed by atoms with van der Waals surface area (Å²) in [6.07, 6.45) is 5.42. The number of piperidine rings is 1. The van der Waals surface area contributed by atoms with Crippen LogP contribution in [-0.4, -0.2) is 36.3 Å². The van der Waals surface area contributed by atoms with Crippen molar-refractivity contribution in [2.45, 2.75) is 44.1 Å². The first-order valence-corrected chi connectivity index (χ1v) is 8.75. The zero-order chi connectivity index (χ0) is 14.7. The Labute approximate surface area is 132 Å². The van der Waals surface area contributed by atoms with E-state index < -0.39 is 0 Å². The normalized spacial score (nSPS) is 36.9. The minimum absolute atomic E-state index is 0.308. The molecule has 0 amide bonds. The van der Waals surface area contributed by atoms with Crippen LogP contribution in [0.15, 0.2) is 29.4 Å². The van der Waals surface area contributed by atoms with Crippen molar-refractivity contribution in [3.05, 3.63) is 35.4 Å². The Morgan fingerprint density at radius 2 is 2.09 bits per heavy atom. The Morgan fingerprint density at radius 1 is 1.27 bits per heavy atom. The number of oxime groups is 1. The highest BCUT2D eigenvalue weighted by atomic mass is 16.6. The summed E-state index contributed by atoms with van der Waals surface area (Å²) in [5.74, 6) is 1.62. The second kappa shape index (κ2) is 4.58.